The van der Waals surface area contributed by atoms with Gasteiger partial charge in [0.25, 0.3) is 0 Å². The van der Waals surface area contributed by atoms with E-state index in [0.717, 1.165) is 0 Å². The maximum absolute atomic E-state index is 11.2. The van der Waals surface area contributed by atoms with E-state index in [-0.39, 0.29) is 17.7 Å². The molecule has 1 amide bonds. The van der Waals surface area contributed by atoms with Gasteiger partial charge in [-0.3, -0.25) is 0 Å². The van der Waals surface area contributed by atoms with E-state index in [1.165, 1.54) is 17.3 Å². The third-order valence-corrected chi connectivity index (χ3v) is 3.62. The van der Waals surface area contributed by atoms with Crippen LogP contribution in [-0.2, 0) is 0 Å². The maximum Gasteiger partial charge on any atom is 0.407 e. The highest BCUT2D eigenvalue weighted by Crippen LogP contribution is 2.21. The summed E-state index contributed by atoms with van der Waals surface area (Å²) >= 11 is 0. The Morgan fingerprint density at radius 1 is 1.24 bits per heavy atom. The third kappa shape index (κ3) is 3.21. The van der Waals surface area contributed by atoms with Gasteiger partial charge in [0.1, 0.15) is 5.82 Å². The Hall–Kier alpha value is -2.38. The minimum absolute atomic E-state index is 0.108. The van der Waals surface area contributed by atoms with Crippen LogP contribution in [0, 0.1) is 5.92 Å². The summed E-state index contributed by atoms with van der Waals surface area (Å²) < 4.78 is 0. The van der Waals surface area contributed by atoms with Crippen LogP contribution < -0.4 is 4.90 Å². The zero-order valence-corrected chi connectivity index (χ0v) is 11.9. The Balaban J connectivity index is 2.15. The second kappa shape index (κ2) is 5.94. The van der Waals surface area contributed by atoms with Crippen molar-refractivity contribution in [2.75, 3.05) is 24.5 Å². The van der Waals surface area contributed by atoms with Crippen molar-refractivity contribution in [3.8, 4) is 0 Å². The SMILES string of the molecule is CC(C)C1CN(c2cnc(C(=O)O)cn2)CCN1C(=O)O. The van der Waals surface area contributed by atoms with E-state index in [1.54, 1.807) is 0 Å². The van der Waals surface area contributed by atoms with Gasteiger partial charge in [0, 0.05) is 19.6 Å². The van der Waals surface area contributed by atoms with Crippen molar-refractivity contribution < 1.29 is 19.8 Å². The molecule has 21 heavy (non-hydrogen) atoms. The largest absolute Gasteiger partial charge is 0.476 e. The number of carbonyl (C=O) groups is 2. The van der Waals surface area contributed by atoms with Crippen molar-refractivity contribution in [1.82, 2.24) is 14.9 Å². The van der Waals surface area contributed by atoms with Crippen LogP contribution in [0.3, 0.4) is 0 Å². The van der Waals surface area contributed by atoms with Gasteiger partial charge in [-0.05, 0) is 5.92 Å². The predicted molar refractivity (Wildman–Crippen MR) is 74.6 cm³/mol. The lowest BCUT2D eigenvalue weighted by atomic mass is 10.00. The molecule has 1 aromatic rings. The van der Waals surface area contributed by atoms with Crippen molar-refractivity contribution >= 4 is 17.9 Å². The van der Waals surface area contributed by atoms with Gasteiger partial charge in [0.05, 0.1) is 18.4 Å². The molecule has 1 aliphatic heterocycles. The van der Waals surface area contributed by atoms with E-state index in [4.69, 9.17) is 5.11 Å². The minimum Gasteiger partial charge on any atom is -0.476 e. The monoisotopic (exact) mass is 294 g/mol. The summed E-state index contributed by atoms with van der Waals surface area (Å²) in [5, 5.41) is 18.0. The quantitative estimate of drug-likeness (QED) is 0.856. The number of rotatable bonds is 3. The number of aromatic carboxylic acids is 1. The molecular formula is C13H18N4O4. The van der Waals surface area contributed by atoms with Gasteiger partial charge < -0.3 is 20.0 Å². The highest BCUT2D eigenvalue weighted by atomic mass is 16.4. The minimum atomic E-state index is -1.12. The average molecular weight is 294 g/mol. The summed E-state index contributed by atoms with van der Waals surface area (Å²) in [6.07, 6.45) is 1.71. The number of aromatic nitrogens is 2. The first-order chi connectivity index (χ1) is 9.90. The van der Waals surface area contributed by atoms with Gasteiger partial charge in [-0.1, -0.05) is 13.8 Å². The number of hydrogen-bond donors (Lipinski definition) is 2. The molecule has 0 bridgehead atoms. The maximum atomic E-state index is 11.2. The van der Waals surface area contributed by atoms with Crippen molar-refractivity contribution in [1.29, 1.82) is 0 Å². The summed E-state index contributed by atoms with van der Waals surface area (Å²) in [6, 6.07) is -0.128. The number of carboxylic acid groups (broad SMARTS) is 2. The average Bonchev–Trinajstić information content (AvgIpc) is 2.46. The molecule has 1 fully saturated rings. The van der Waals surface area contributed by atoms with Crippen LogP contribution in [0.1, 0.15) is 24.3 Å². The molecule has 1 unspecified atom stereocenters. The van der Waals surface area contributed by atoms with Crippen LogP contribution in [0.25, 0.3) is 0 Å². The fourth-order valence-electron chi connectivity index (χ4n) is 2.42. The van der Waals surface area contributed by atoms with Gasteiger partial charge in [0.2, 0.25) is 0 Å². The van der Waals surface area contributed by atoms with Crippen molar-refractivity contribution in [2.24, 2.45) is 5.92 Å². The lowest BCUT2D eigenvalue weighted by Crippen LogP contribution is -2.57. The highest BCUT2D eigenvalue weighted by molar-refractivity contribution is 5.84. The lowest BCUT2D eigenvalue weighted by molar-refractivity contribution is 0.0689. The van der Waals surface area contributed by atoms with Crippen LogP contribution in [-0.4, -0.2) is 62.8 Å². The molecule has 0 aliphatic carbocycles. The zero-order chi connectivity index (χ0) is 15.6. The Bertz CT molecular complexity index is 531. The normalized spacial score (nSPS) is 18.9. The molecule has 2 heterocycles. The van der Waals surface area contributed by atoms with Gasteiger partial charge in [-0.2, -0.15) is 0 Å². The highest BCUT2D eigenvalue weighted by Gasteiger charge is 2.32. The molecule has 8 heteroatoms. The topological polar surface area (TPSA) is 107 Å². The molecule has 0 saturated carbocycles. The van der Waals surface area contributed by atoms with Gasteiger partial charge >= 0.3 is 12.1 Å². The zero-order valence-electron chi connectivity index (χ0n) is 11.9. The Labute approximate surface area is 122 Å². The van der Waals surface area contributed by atoms with E-state index in [2.05, 4.69) is 9.97 Å². The molecule has 114 valence electrons. The number of carboxylic acids is 1. The molecule has 0 aromatic carbocycles. The lowest BCUT2D eigenvalue weighted by Gasteiger charge is -2.42. The van der Waals surface area contributed by atoms with Crippen LogP contribution in [0.5, 0.6) is 0 Å². The molecule has 8 nitrogen and oxygen atoms in total. The van der Waals surface area contributed by atoms with Gasteiger partial charge in [0.15, 0.2) is 5.69 Å². The van der Waals surface area contributed by atoms with E-state index >= 15 is 0 Å². The summed E-state index contributed by atoms with van der Waals surface area (Å²) in [4.78, 5) is 33.3. The molecule has 1 aromatic heterocycles. The smallest absolute Gasteiger partial charge is 0.407 e. The Kier molecular flexibility index (Phi) is 4.25. The van der Waals surface area contributed by atoms with E-state index in [0.29, 0.717) is 25.5 Å². The van der Waals surface area contributed by atoms with Gasteiger partial charge in [-0.25, -0.2) is 19.6 Å². The molecule has 0 spiro atoms. The number of amides is 1. The third-order valence-electron chi connectivity index (χ3n) is 3.62. The van der Waals surface area contributed by atoms with Crippen molar-refractivity contribution in [3.63, 3.8) is 0 Å². The van der Waals surface area contributed by atoms with Crippen LogP contribution in [0.15, 0.2) is 12.4 Å². The fourth-order valence-corrected chi connectivity index (χ4v) is 2.42. The summed E-state index contributed by atoms with van der Waals surface area (Å²) in [6.45, 7) is 5.37. The number of hydrogen-bond acceptors (Lipinski definition) is 5. The van der Waals surface area contributed by atoms with Gasteiger partial charge in [-0.15, -0.1) is 0 Å². The molecule has 2 N–H and O–H groups in total. The van der Waals surface area contributed by atoms with E-state index in [1.807, 2.05) is 18.7 Å². The molecule has 1 saturated heterocycles. The standard InChI is InChI=1S/C13H18N4O4/c1-8(2)10-7-16(3-4-17(10)13(20)21)11-6-14-9(5-15-11)12(18)19/h5-6,8,10H,3-4,7H2,1-2H3,(H,18,19)(H,20,21). The molecule has 0 radical (unpaired) electrons. The number of nitrogens with zero attached hydrogens (tertiary/aromatic N) is 4. The van der Waals surface area contributed by atoms with E-state index in [9.17, 15) is 14.7 Å². The van der Waals surface area contributed by atoms with Crippen molar-refractivity contribution in [2.45, 2.75) is 19.9 Å². The first kappa shape index (κ1) is 15.0. The Morgan fingerprint density at radius 3 is 2.43 bits per heavy atom. The molecule has 2 rings (SSSR count). The van der Waals surface area contributed by atoms with Crippen LogP contribution in [0.4, 0.5) is 10.6 Å². The summed E-state index contributed by atoms with van der Waals surface area (Å²) in [5.41, 5.74) is -0.108. The van der Waals surface area contributed by atoms with Crippen LogP contribution >= 0.6 is 0 Å². The summed E-state index contributed by atoms with van der Waals surface area (Å²) in [7, 11) is 0. The second-order valence-electron chi connectivity index (χ2n) is 5.30. The molecular weight excluding hydrogens is 276 g/mol. The first-order valence-corrected chi connectivity index (χ1v) is 6.70. The number of anilines is 1. The van der Waals surface area contributed by atoms with Crippen molar-refractivity contribution in [3.05, 3.63) is 18.1 Å². The second-order valence-corrected chi connectivity index (χ2v) is 5.30. The number of piperazine rings is 1. The van der Waals surface area contributed by atoms with Crippen LogP contribution in [0.2, 0.25) is 0 Å². The fraction of sp³-hybridized carbons (Fsp3) is 0.538. The molecule has 1 aliphatic rings. The molecule has 1 atom stereocenters. The summed E-state index contributed by atoms with van der Waals surface area (Å²) in [5.74, 6) is -0.379. The Morgan fingerprint density at radius 2 is 1.95 bits per heavy atom. The first-order valence-electron chi connectivity index (χ1n) is 6.70. The van der Waals surface area contributed by atoms with E-state index < -0.39 is 12.1 Å². The predicted octanol–water partition coefficient (Wildman–Crippen LogP) is 0.999.